The Morgan fingerprint density at radius 1 is 1.00 bits per heavy atom. The molecule has 0 radical (unpaired) electrons. The Morgan fingerprint density at radius 2 is 1.68 bits per heavy atom. The lowest BCUT2D eigenvalue weighted by molar-refractivity contribution is -0.166. The van der Waals surface area contributed by atoms with Gasteiger partial charge in [-0.2, -0.15) is 4.98 Å². The number of carbonyl (C=O) groups excluding carboxylic acids is 3. The fraction of sp³-hybridized carbons (Fsp3) is 0.593. The average Bonchev–Trinajstić information content (AvgIpc) is 3.38. The van der Waals surface area contributed by atoms with E-state index in [2.05, 4.69) is 23.7 Å². The van der Waals surface area contributed by atoms with E-state index in [1.807, 2.05) is 0 Å². The minimum atomic E-state index is -1.20. The van der Waals surface area contributed by atoms with E-state index in [-0.39, 0.29) is 12.3 Å². The van der Waals surface area contributed by atoms with E-state index < -0.39 is 48.1 Å². The summed E-state index contributed by atoms with van der Waals surface area (Å²) >= 11 is 0. The topological polar surface area (TPSA) is 136 Å². The van der Waals surface area contributed by atoms with Crippen molar-refractivity contribution in [2.45, 2.75) is 97.2 Å². The first-order chi connectivity index (χ1) is 18.2. The van der Waals surface area contributed by atoms with Crippen LogP contribution in [-0.2, 0) is 33.3 Å². The van der Waals surface area contributed by atoms with Gasteiger partial charge in [0.05, 0.1) is 5.39 Å². The zero-order chi connectivity index (χ0) is 27.7. The molecular formula is C27H34N2O9. The number of unbranched alkanes of at least 4 members (excludes halogenated alkanes) is 6. The Hall–Kier alpha value is -3.65. The summed E-state index contributed by atoms with van der Waals surface area (Å²) in [7, 11) is 0. The zero-order valence-corrected chi connectivity index (χ0v) is 22.2. The van der Waals surface area contributed by atoms with Gasteiger partial charge in [0.2, 0.25) is 5.71 Å². The fourth-order valence-electron chi connectivity index (χ4n) is 4.23. The number of fused-ring (bicyclic) bond motifs is 1. The van der Waals surface area contributed by atoms with Gasteiger partial charge in [-0.3, -0.25) is 19.0 Å². The van der Waals surface area contributed by atoms with Crippen LogP contribution in [0, 0.1) is 11.8 Å². The lowest BCUT2D eigenvalue weighted by Crippen LogP contribution is -2.41. The van der Waals surface area contributed by atoms with Gasteiger partial charge in [0.1, 0.15) is 12.7 Å². The van der Waals surface area contributed by atoms with Crippen molar-refractivity contribution in [1.82, 2.24) is 9.55 Å². The minimum Gasteiger partial charge on any atom is -0.463 e. The number of hydrogen-bond donors (Lipinski definition) is 0. The molecule has 0 aliphatic carbocycles. The molecule has 0 bridgehead atoms. The first kappa shape index (κ1) is 28.9. The van der Waals surface area contributed by atoms with Crippen molar-refractivity contribution in [3.8, 4) is 11.8 Å². The molecule has 206 valence electrons. The first-order valence-corrected chi connectivity index (χ1v) is 12.8. The second kappa shape index (κ2) is 13.8. The zero-order valence-electron chi connectivity index (χ0n) is 22.2. The highest BCUT2D eigenvalue weighted by molar-refractivity contribution is 5.74. The van der Waals surface area contributed by atoms with Crippen molar-refractivity contribution in [3.05, 3.63) is 28.5 Å². The number of rotatable bonds is 11. The Labute approximate surface area is 220 Å². The smallest absolute Gasteiger partial charge is 0.353 e. The number of ether oxygens (including phenoxy) is 4. The molecule has 1 aliphatic rings. The van der Waals surface area contributed by atoms with Crippen LogP contribution in [0.25, 0.3) is 11.1 Å². The number of hydrogen-bond acceptors (Lipinski definition) is 10. The van der Waals surface area contributed by atoms with Gasteiger partial charge in [0.15, 0.2) is 24.2 Å². The number of furan rings is 1. The molecule has 0 N–H and O–H groups in total. The van der Waals surface area contributed by atoms with E-state index in [0.29, 0.717) is 11.1 Å². The van der Waals surface area contributed by atoms with E-state index in [4.69, 9.17) is 23.4 Å². The summed E-state index contributed by atoms with van der Waals surface area (Å²) in [6.07, 6.45) is 4.72. The van der Waals surface area contributed by atoms with Crippen LogP contribution in [0.15, 0.2) is 21.5 Å². The molecule has 1 aliphatic heterocycles. The van der Waals surface area contributed by atoms with Crippen LogP contribution in [0.5, 0.6) is 0 Å². The predicted octanol–water partition coefficient (Wildman–Crippen LogP) is 3.42. The lowest BCUT2D eigenvalue weighted by atomic mass is 10.1. The molecule has 4 atom stereocenters. The third kappa shape index (κ3) is 7.92. The molecule has 0 saturated carbocycles. The third-order valence-electron chi connectivity index (χ3n) is 5.92. The van der Waals surface area contributed by atoms with Crippen molar-refractivity contribution in [1.29, 1.82) is 0 Å². The van der Waals surface area contributed by atoms with Crippen LogP contribution >= 0.6 is 0 Å². The van der Waals surface area contributed by atoms with Crippen molar-refractivity contribution in [2.75, 3.05) is 6.61 Å². The Kier molecular flexibility index (Phi) is 10.5. The fourth-order valence-corrected chi connectivity index (χ4v) is 4.23. The second-order valence-electron chi connectivity index (χ2n) is 9.14. The maximum Gasteiger partial charge on any atom is 0.353 e. The highest BCUT2D eigenvalue weighted by Crippen LogP contribution is 2.34. The van der Waals surface area contributed by atoms with E-state index >= 15 is 0 Å². The van der Waals surface area contributed by atoms with Crippen molar-refractivity contribution < 1.29 is 37.7 Å². The van der Waals surface area contributed by atoms with E-state index in [0.717, 1.165) is 23.8 Å². The van der Waals surface area contributed by atoms with E-state index in [9.17, 15) is 19.2 Å². The molecule has 3 heterocycles. The van der Waals surface area contributed by atoms with Crippen LogP contribution in [-0.4, -0.2) is 52.4 Å². The molecule has 0 amide bonds. The maximum atomic E-state index is 12.9. The first-order valence-electron chi connectivity index (χ1n) is 12.8. The van der Waals surface area contributed by atoms with Crippen LogP contribution in [0.2, 0.25) is 0 Å². The molecule has 1 saturated heterocycles. The molecule has 0 aromatic carbocycles. The van der Waals surface area contributed by atoms with Crippen molar-refractivity contribution in [2.24, 2.45) is 0 Å². The van der Waals surface area contributed by atoms with Gasteiger partial charge in [0.25, 0.3) is 0 Å². The molecule has 0 spiro atoms. The highest BCUT2D eigenvalue weighted by Gasteiger charge is 2.51. The van der Waals surface area contributed by atoms with Gasteiger partial charge < -0.3 is 23.4 Å². The van der Waals surface area contributed by atoms with Crippen molar-refractivity contribution in [3.63, 3.8) is 0 Å². The molecule has 2 aromatic heterocycles. The number of nitrogens with zero attached hydrogens (tertiary/aromatic N) is 2. The largest absolute Gasteiger partial charge is 0.463 e. The van der Waals surface area contributed by atoms with Gasteiger partial charge in [-0.05, 0) is 12.3 Å². The van der Waals surface area contributed by atoms with Gasteiger partial charge in [-0.25, -0.2) is 4.79 Å². The van der Waals surface area contributed by atoms with E-state index in [1.54, 1.807) is 6.07 Å². The molecule has 0 unspecified atom stereocenters. The van der Waals surface area contributed by atoms with Gasteiger partial charge in [-0.15, -0.1) is 0 Å². The third-order valence-corrected chi connectivity index (χ3v) is 5.92. The van der Waals surface area contributed by atoms with Crippen LogP contribution in [0.4, 0.5) is 0 Å². The molecule has 3 rings (SSSR count). The summed E-state index contributed by atoms with van der Waals surface area (Å²) in [5.74, 6) is 4.51. The van der Waals surface area contributed by atoms with Gasteiger partial charge in [0, 0.05) is 39.5 Å². The number of esters is 3. The van der Waals surface area contributed by atoms with Crippen LogP contribution in [0.3, 0.4) is 0 Å². The number of carbonyl (C=O) groups is 3. The summed E-state index contributed by atoms with van der Waals surface area (Å²) in [6, 6.07) is 1.65. The SMILES string of the molecule is CCCCCCCCC#Cc1cc2cn([C@@H]3O[C@H](COC(C)=O)[C@@H](OC(C)=O)[C@H]3OC(C)=O)c(=O)nc2o1. The monoisotopic (exact) mass is 530 g/mol. The molecule has 11 nitrogen and oxygen atoms in total. The number of aromatic nitrogens is 2. The van der Waals surface area contributed by atoms with Crippen molar-refractivity contribution >= 4 is 29.0 Å². The van der Waals surface area contributed by atoms with Crippen LogP contribution in [0.1, 0.15) is 84.6 Å². The predicted molar refractivity (Wildman–Crippen MR) is 135 cm³/mol. The van der Waals surface area contributed by atoms with E-state index in [1.165, 1.54) is 52.7 Å². The normalized spacial score (nSPS) is 20.5. The summed E-state index contributed by atoms with van der Waals surface area (Å²) in [5, 5.41) is 0.478. The molecule has 11 heteroatoms. The molecule has 38 heavy (non-hydrogen) atoms. The summed E-state index contributed by atoms with van der Waals surface area (Å²) in [4.78, 5) is 51.9. The van der Waals surface area contributed by atoms with Crippen LogP contribution < -0.4 is 5.69 Å². The highest BCUT2D eigenvalue weighted by atomic mass is 16.7. The van der Waals surface area contributed by atoms with Gasteiger partial charge >= 0.3 is 23.6 Å². The Morgan fingerprint density at radius 3 is 2.37 bits per heavy atom. The molecule has 1 fully saturated rings. The average molecular weight is 531 g/mol. The standard InChI is InChI=1S/C27H34N2O9/c1-5-6-7-8-9-10-11-12-13-21-14-20-15-29(27(33)28-25(20)37-21)26-24(36-19(4)32)23(35-18(3)31)22(38-26)16-34-17(2)30/h14-15,22-24,26H,5-11,16H2,1-4H3/t22-,23-,24-,26-/m1/s1. The minimum absolute atomic E-state index is 0.102. The Balaban J connectivity index is 1.82. The van der Waals surface area contributed by atoms with Gasteiger partial charge in [-0.1, -0.05) is 44.9 Å². The molecular weight excluding hydrogens is 496 g/mol. The quantitative estimate of drug-likeness (QED) is 0.184. The summed E-state index contributed by atoms with van der Waals surface area (Å²) in [6.45, 7) is 5.48. The Bertz CT molecular complexity index is 1250. The molecule has 2 aromatic rings. The lowest BCUT2D eigenvalue weighted by Gasteiger charge is -2.23. The second-order valence-corrected chi connectivity index (χ2v) is 9.14. The summed E-state index contributed by atoms with van der Waals surface area (Å²) in [5.41, 5.74) is -0.638. The maximum absolute atomic E-state index is 12.9. The summed E-state index contributed by atoms with van der Waals surface area (Å²) < 4.78 is 28.4.